The van der Waals surface area contributed by atoms with Crippen molar-refractivity contribution in [2.24, 2.45) is 0 Å². The number of alkyl halides is 3. The highest BCUT2D eigenvalue weighted by Crippen LogP contribution is 2.23. The third kappa shape index (κ3) is 9.07. The van der Waals surface area contributed by atoms with Gasteiger partial charge in [0.15, 0.2) is 11.5 Å². The normalized spacial score (nSPS) is 12.1. The molecule has 0 fully saturated rings. The Bertz CT molecular complexity index is 1520. The van der Waals surface area contributed by atoms with Crippen LogP contribution in [0.25, 0.3) is 0 Å². The molecule has 0 saturated carbocycles. The van der Waals surface area contributed by atoms with Gasteiger partial charge in [-0.1, -0.05) is 16.5 Å². The van der Waals surface area contributed by atoms with Gasteiger partial charge in [-0.15, -0.1) is 10.2 Å². The van der Waals surface area contributed by atoms with Crippen LogP contribution in [0.3, 0.4) is 0 Å². The van der Waals surface area contributed by atoms with Crippen molar-refractivity contribution in [2.45, 2.75) is 58.6 Å². The minimum absolute atomic E-state index is 0.0294. The van der Waals surface area contributed by atoms with Crippen molar-refractivity contribution in [3.8, 4) is 5.75 Å². The maximum absolute atomic E-state index is 14.6. The molecule has 0 saturated heterocycles. The number of aromatic nitrogens is 7. The van der Waals surface area contributed by atoms with Crippen LogP contribution in [0, 0.1) is 12.7 Å². The van der Waals surface area contributed by atoms with Crippen LogP contribution in [-0.2, 0) is 30.8 Å². The van der Waals surface area contributed by atoms with E-state index in [0.29, 0.717) is 6.92 Å². The maximum Gasteiger partial charge on any atom is 0.394 e. The highest BCUT2D eigenvalue weighted by Gasteiger charge is 2.24. The van der Waals surface area contributed by atoms with Crippen LogP contribution in [0.2, 0.25) is 0 Å². The number of carbonyl (C=O) groups excluding carboxylic acids is 2. The summed E-state index contributed by atoms with van der Waals surface area (Å²) in [5, 5.41) is 20.2. The average molecular weight is 590 g/mol. The lowest BCUT2D eigenvalue weighted by Gasteiger charge is -2.14. The summed E-state index contributed by atoms with van der Waals surface area (Å²) in [6, 6.07) is 6.65. The molecule has 0 radical (unpaired) electrons. The first kappa shape index (κ1) is 30.1. The average Bonchev–Trinajstić information content (AvgIpc) is 3.57. The van der Waals surface area contributed by atoms with E-state index in [9.17, 15) is 27.2 Å². The van der Waals surface area contributed by atoms with Gasteiger partial charge in [-0.25, -0.2) is 13.5 Å². The van der Waals surface area contributed by atoms with Crippen LogP contribution in [0.5, 0.6) is 5.75 Å². The summed E-state index contributed by atoms with van der Waals surface area (Å²) in [5.74, 6) is -1.79. The number of carbonyl (C=O) groups is 2. The van der Waals surface area contributed by atoms with E-state index in [4.69, 9.17) is 0 Å². The van der Waals surface area contributed by atoms with E-state index in [-0.39, 0.29) is 61.2 Å². The zero-order valence-electron chi connectivity index (χ0n) is 22.6. The number of rotatable bonds is 13. The Morgan fingerprint density at radius 3 is 2.62 bits per heavy atom. The third-order valence-electron chi connectivity index (χ3n) is 5.72. The molecule has 4 aromatic rings. The maximum atomic E-state index is 14.6. The monoisotopic (exact) mass is 589 g/mol. The molecule has 42 heavy (non-hydrogen) atoms. The van der Waals surface area contributed by atoms with Crippen LogP contribution in [-0.4, -0.2) is 59.1 Å². The second kappa shape index (κ2) is 13.2. The highest BCUT2D eigenvalue weighted by molar-refractivity contribution is 5.92. The van der Waals surface area contributed by atoms with Gasteiger partial charge in [-0.05, 0) is 36.8 Å². The van der Waals surface area contributed by atoms with E-state index in [2.05, 4.69) is 41.0 Å². The molecule has 1 atom stereocenters. The molecule has 1 aromatic carbocycles. The molecule has 16 heteroatoms. The number of aryl methyl sites for hydroxylation is 2. The number of anilines is 1. The molecule has 1 unspecified atom stereocenters. The van der Waals surface area contributed by atoms with Crippen LogP contribution in [0.15, 0.2) is 48.9 Å². The number of nitrogens with one attached hydrogen (secondary N) is 2. The predicted octanol–water partition coefficient (Wildman–Crippen LogP) is 3.24. The number of pyridine rings is 1. The van der Waals surface area contributed by atoms with E-state index in [1.165, 1.54) is 17.1 Å². The fourth-order valence-corrected chi connectivity index (χ4v) is 3.72. The molecular formula is C26H27F4N9O3. The van der Waals surface area contributed by atoms with Gasteiger partial charge in [-0.3, -0.25) is 19.3 Å². The van der Waals surface area contributed by atoms with Crippen LogP contribution < -0.4 is 15.4 Å². The first-order valence-corrected chi connectivity index (χ1v) is 12.7. The highest BCUT2D eigenvalue weighted by atomic mass is 19.3. The zero-order valence-corrected chi connectivity index (χ0v) is 22.6. The second-order valence-corrected chi connectivity index (χ2v) is 9.46. The lowest BCUT2D eigenvalue weighted by Crippen LogP contribution is -2.24. The van der Waals surface area contributed by atoms with Crippen molar-refractivity contribution in [3.63, 3.8) is 0 Å². The van der Waals surface area contributed by atoms with Gasteiger partial charge in [0, 0.05) is 43.9 Å². The smallest absolute Gasteiger partial charge is 0.394 e. The van der Waals surface area contributed by atoms with Gasteiger partial charge < -0.3 is 15.4 Å². The Labute approximate surface area is 237 Å². The molecular weight excluding hydrogens is 562 g/mol. The summed E-state index contributed by atoms with van der Waals surface area (Å²) in [6.45, 7) is 2.01. The van der Waals surface area contributed by atoms with Crippen molar-refractivity contribution in [1.82, 2.24) is 40.3 Å². The van der Waals surface area contributed by atoms with Gasteiger partial charge >= 0.3 is 6.11 Å². The molecule has 0 spiro atoms. The minimum atomic E-state index is -3.46. The molecule has 0 aliphatic heterocycles. The van der Waals surface area contributed by atoms with Crippen LogP contribution >= 0.6 is 0 Å². The summed E-state index contributed by atoms with van der Waals surface area (Å²) in [7, 11) is 0. The number of hydrogen-bond acceptors (Lipinski definition) is 8. The van der Waals surface area contributed by atoms with Crippen molar-refractivity contribution < 1.29 is 31.9 Å². The van der Waals surface area contributed by atoms with Gasteiger partial charge in [0.05, 0.1) is 25.4 Å². The molecule has 0 aliphatic carbocycles. The Balaban J connectivity index is 1.21. The molecule has 4 rings (SSSR count). The number of ether oxygens (including phenoxy) is 1. The summed E-state index contributed by atoms with van der Waals surface area (Å²) in [4.78, 5) is 28.8. The lowest BCUT2D eigenvalue weighted by molar-refractivity contribution is -0.159. The molecule has 2 amide bonds. The topological polar surface area (TPSA) is 142 Å². The summed E-state index contributed by atoms with van der Waals surface area (Å²) in [5.41, 5.74) is 1.36. The van der Waals surface area contributed by atoms with Crippen molar-refractivity contribution in [2.75, 3.05) is 5.32 Å². The largest absolute Gasteiger partial charge is 0.433 e. The first-order valence-electron chi connectivity index (χ1n) is 12.7. The van der Waals surface area contributed by atoms with E-state index >= 15 is 0 Å². The minimum Gasteiger partial charge on any atom is -0.433 e. The fraction of sp³-hybridized carbons (Fsp3) is 0.346. The van der Waals surface area contributed by atoms with E-state index < -0.39 is 24.0 Å². The molecule has 0 bridgehead atoms. The van der Waals surface area contributed by atoms with E-state index in [0.717, 1.165) is 34.1 Å². The van der Waals surface area contributed by atoms with Gasteiger partial charge in [0.1, 0.15) is 17.7 Å². The quantitative estimate of drug-likeness (QED) is 0.227. The number of nitrogens with zero attached hydrogens (tertiary/aromatic N) is 7. The number of halogens is 4. The molecule has 12 nitrogen and oxygen atoms in total. The standard InChI is InChI=1S/C26H27F4N9O3/c1-16-3-4-17(11-31-16)9-24(40)33-23-15-38(37-35-23)8-7-19(27)13-39-14-22(34-36-39)25(41)32-12-18-10-20(5-6-21(18)28)42-26(2,29)30/h3-6,10-11,14-15,19H,7-9,12-13H2,1-2H3,(H,32,41)(H,33,40). The van der Waals surface area contributed by atoms with Crippen molar-refractivity contribution >= 4 is 17.6 Å². The molecule has 222 valence electrons. The summed E-state index contributed by atoms with van der Waals surface area (Å²) < 4.78 is 61.7. The van der Waals surface area contributed by atoms with Gasteiger partial charge in [0.2, 0.25) is 5.91 Å². The Kier molecular flexibility index (Phi) is 9.44. The molecule has 3 aromatic heterocycles. The molecule has 0 aliphatic rings. The van der Waals surface area contributed by atoms with E-state index in [1.807, 2.05) is 19.1 Å². The van der Waals surface area contributed by atoms with E-state index in [1.54, 1.807) is 6.20 Å². The van der Waals surface area contributed by atoms with Gasteiger partial charge in [-0.2, -0.15) is 8.78 Å². The predicted molar refractivity (Wildman–Crippen MR) is 140 cm³/mol. The van der Waals surface area contributed by atoms with Crippen LogP contribution in [0.1, 0.15) is 40.7 Å². The summed E-state index contributed by atoms with van der Waals surface area (Å²) >= 11 is 0. The summed E-state index contributed by atoms with van der Waals surface area (Å²) in [6.07, 6.45) is -0.369. The second-order valence-electron chi connectivity index (χ2n) is 9.46. The number of amides is 2. The zero-order chi connectivity index (χ0) is 30.3. The lowest BCUT2D eigenvalue weighted by atomic mass is 10.2. The van der Waals surface area contributed by atoms with Gasteiger partial charge in [0.25, 0.3) is 5.91 Å². The Morgan fingerprint density at radius 1 is 1.10 bits per heavy atom. The Morgan fingerprint density at radius 2 is 1.88 bits per heavy atom. The fourth-order valence-electron chi connectivity index (χ4n) is 3.72. The first-order chi connectivity index (χ1) is 19.9. The van der Waals surface area contributed by atoms with Crippen molar-refractivity contribution in [3.05, 3.63) is 77.3 Å². The SMILES string of the molecule is Cc1ccc(CC(=O)Nc2cn(CCC(F)Cn3cc(C(=O)NCc4cc(OC(C)(F)F)ccc4F)nn3)nn2)cn1. The number of hydrogen-bond donors (Lipinski definition) is 2. The number of benzene rings is 1. The molecule has 2 N–H and O–H groups in total. The third-order valence-corrected chi connectivity index (χ3v) is 5.72. The Hall–Kier alpha value is -4.89. The van der Waals surface area contributed by atoms with Crippen LogP contribution in [0.4, 0.5) is 23.4 Å². The van der Waals surface area contributed by atoms with Crippen molar-refractivity contribution in [1.29, 1.82) is 0 Å². The molecule has 3 heterocycles.